The van der Waals surface area contributed by atoms with E-state index in [4.69, 9.17) is 4.74 Å². The van der Waals surface area contributed by atoms with Crippen LogP contribution in [0.1, 0.15) is 23.4 Å². The molecule has 0 bridgehead atoms. The number of rotatable bonds is 6. The van der Waals surface area contributed by atoms with Gasteiger partial charge in [-0.1, -0.05) is 0 Å². The lowest BCUT2D eigenvalue weighted by atomic mass is 10.1. The molecule has 3 rings (SSSR count). The molecule has 3 heterocycles. The van der Waals surface area contributed by atoms with Crippen molar-refractivity contribution in [2.45, 2.75) is 32.4 Å². The first-order valence-electron chi connectivity index (χ1n) is 8.47. The van der Waals surface area contributed by atoms with Gasteiger partial charge in [0.2, 0.25) is 0 Å². The minimum absolute atomic E-state index is 0.274. The first kappa shape index (κ1) is 16.8. The van der Waals surface area contributed by atoms with E-state index in [2.05, 4.69) is 37.3 Å². The molecule has 0 saturated carbocycles. The van der Waals surface area contributed by atoms with Gasteiger partial charge >= 0.3 is 0 Å². The maximum absolute atomic E-state index is 5.94. The highest BCUT2D eigenvalue weighted by Gasteiger charge is 2.20. The maximum atomic E-state index is 5.94. The molecule has 0 spiro atoms. The Kier molecular flexibility index (Phi) is 5.72. The van der Waals surface area contributed by atoms with E-state index < -0.39 is 0 Å². The van der Waals surface area contributed by atoms with Gasteiger partial charge in [0, 0.05) is 50.8 Å². The van der Waals surface area contributed by atoms with Gasteiger partial charge in [0.05, 0.1) is 12.7 Å². The summed E-state index contributed by atoms with van der Waals surface area (Å²) in [6.07, 6.45) is 7.99. The molecule has 6 heteroatoms. The third-order valence-corrected chi connectivity index (χ3v) is 4.30. The Morgan fingerprint density at radius 3 is 2.88 bits per heavy atom. The van der Waals surface area contributed by atoms with Crippen molar-refractivity contribution in [2.24, 2.45) is 0 Å². The Morgan fingerprint density at radius 2 is 2.08 bits per heavy atom. The lowest BCUT2D eigenvalue weighted by molar-refractivity contribution is -0.0346. The maximum Gasteiger partial charge on any atom is 0.125 e. The molecule has 0 unspecified atom stereocenters. The first-order valence-corrected chi connectivity index (χ1v) is 8.47. The van der Waals surface area contributed by atoms with Crippen LogP contribution in [-0.4, -0.2) is 52.7 Å². The van der Waals surface area contributed by atoms with Crippen molar-refractivity contribution in [3.8, 4) is 0 Å². The highest BCUT2D eigenvalue weighted by atomic mass is 16.5. The normalized spacial score (nSPS) is 18.5. The van der Waals surface area contributed by atoms with Gasteiger partial charge in [-0.25, -0.2) is 15.0 Å². The highest BCUT2D eigenvalue weighted by Crippen LogP contribution is 2.15. The van der Waals surface area contributed by atoms with Crippen molar-refractivity contribution in [3.05, 3.63) is 47.7 Å². The van der Waals surface area contributed by atoms with Crippen LogP contribution in [0.2, 0.25) is 0 Å². The molecule has 0 radical (unpaired) electrons. The average molecular weight is 327 g/mol. The van der Waals surface area contributed by atoms with Gasteiger partial charge in [-0.2, -0.15) is 0 Å². The average Bonchev–Trinajstić information content (AvgIpc) is 2.62. The van der Waals surface area contributed by atoms with E-state index in [0.29, 0.717) is 0 Å². The zero-order valence-corrected chi connectivity index (χ0v) is 14.4. The van der Waals surface area contributed by atoms with E-state index in [-0.39, 0.29) is 6.10 Å². The predicted octanol–water partition coefficient (Wildman–Crippen LogP) is 2.06. The smallest absolute Gasteiger partial charge is 0.125 e. The Bertz CT molecular complexity index is 646. The fourth-order valence-corrected chi connectivity index (χ4v) is 2.95. The summed E-state index contributed by atoms with van der Waals surface area (Å²) in [5.74, 6) is 1.73. The van der Waals surface area contributed by atoms with Gasteiger partial charge in [0.15, 0.2) is 0 Å². The second-order valence-electron chi connectivity index (χ2n) is 6.20. The van der Waals surface area contributed by atoms with Crippen LogP contribution in [0.5, 0.6) is 0 Å². The summed E-state index contributed by atoms with van der Waals surface area (Å²) in [4.78, 5) is 15.2. The molecule has 1 aliphatic rings. The quantitative estimate of drug-likeness (QED) is 0.876. The summed E-state index contributed by atoms with van der Waals surface area (Å²) in [6, 6.07) is 4.18. The number of hydrogen-bond acceptors (Lipinski definition) is 6. The number of nitrogens with one attached hydrogen (secondary N) is 1. The molecule has 0 aliphatic carbocycles. The Balaban J connectivity index is 1.50. The van der Waals surface area contributed by atoms with Crippen LogP contribution < -0.4 is 5.32 Å². The summed E-state index contributed by atoms with van der Waals surface area (Å²) in [7, 11) is 1.89. The number of morpholine rings is 1. The van der Waals surface area contributed by atoms with Gasteiger partial charge in [-0.15, -0.1) is 0 Å². The van der Waals surface area contributed by atoms with Crippen molar-refractivity contribution in [1.29, 1.82) is 0 Å². The minimum Gasteiger partial charge on any atom is -0.376 e. The SMILES string of the molecule is CNc1cc(CC[C@@H]2CN(Cc3cnc(C)nc3)CCO2)ccn1. The number of aryl methyl sites for hydroxylation is 2. The number of aromatic nitrogens is 3. The van der Waals surface area contributed by atoms with Crippen LogP contribution in [0.25, 0.3) is 0 Å². The molecule has 0 amide bonds. The third kappa shape index (κ3) is 4.72. The fraction of sp³-hybridized carbons (Fsp3) is 0.500. The highest BCUT2D eigenvalue weighted by molar-refractivity contribution is 5.36. The van der Waals surface area contributed by atoms with Crippen LogP contribution in [0, 0.1) is 6.92 Å². The largest absolute Gasteiger partial charge is 0.376 e. The Hall–Kier alpha value is -2.05. The summed E-state index contributed by atoms with van der Waals surface area (Å²) in [5.41, 5.74) is 2.45. The zero-order valence-electron chi connectivity index (χ0n) is 14.4. The molecular weight excluding hydrogens is 302 g/mol. The van der Waals surface area contributed by atoms with Gasteiger partial charge < -0.3 is 10.1 Å². The molecule has 1 aliphatic heterocycles. The van der Waals surface area contributed by atoms with Crippen LogP contribution >= 0.6 is 0 Å². The predicted molar refractivity (Wildman–Crippen MR) is 93.9 cm³/mol. The molecular formula is C18H25N5O. The van der Waals surface area contributed by atoms with Crippen molar-refractivity contribution >= 4 is 5.82 Å². The monoisotopic (exact) mass is 327 g/mol. The van der Waals surface area contributed by atoms with E-state index in [0.717, 1.165) is 56.3 Å². The summed E-state index contributed by atoms with van der Waals surface area (Å²) < 4.78 is 5.94. The van der Waals surface area contributed by atoms with Crippen LogP contribution in [-0.2, 0) is 17.7 Å². The van der Waals surface area contributed by atoms with Crippen LogP contribution in [0.15, 0.2) is 30.7 Å². The number of hydrogen-bond donors (Lipinski definition) is 1. The minimum atomic E-state index is 0.274. The lowest BCUT2D eigenvalue weighted by Gasteiger charge is -2.33. The van der Waals surface area contributed by atoms with E-state index in [9.17, 15) is 0 Å². The van der Waals surface area contributed by atoms with E-state index >= 15 is 0 Å². The van der Waals surface area contributed by atoms with Crippen molar-refractivity contribution in [2.75, 3.05) is 32.1 Å². The van der Waals surface area contributed by atoms with Gasteiger partial charge in [-0.05, 0) is 37.5 Å². The Labute approximate surface area is 143 Å². The molecule has 1 saturated heterocycles. The number of anilines is 1. The van der Waals surface area contributed by atoms with E-state index in [1.165, 1.54) is 5.56 Å². The second kappa shape index (κ2) is 8.17. The first-order chi connectivity index (χ1) is 11.7. The molecule has 6 nitrogen and oxygen atoms in total. The zero-order chi connectivity index (χ0) is 16.8. The van der Waals surface area contributed by atoms with E-state index in [1.807, 2.05) is 32.6 Å². The number of nitrogens with zero attached hydrogens (tertiary/aromatic N) is 4. The van der Waals surface area contributed by atoms with Crippen LogP contribution in [0.4, 0.5) is 5.82 Å². The molecule has 128 valence electrons. The van der Waals surface area contributed by atoms with Crippen molar-refractivity contribution in [1.82, 2.24) is 19.9 Å². The lowest BCUT2D eigenvalue weighted by Crippen LogP contribution is -2.42. The fourth-order valence-electron chi connectivity index (χ4n) is 2.95. The standard InChI is InChI=1S/C18H25N5O/c1-14-21-10-16(11-22-14)12-23-7-8-24-17(13-23)4-3-15-5-6-20-18(9-15)19-2/h5-6,9-11,17H,3-4,7-8,12-13H2,1-2H3,(H,19,20)/t17-/m1/s1. The van der Waals surface area contributed by atoms with Crippen molar-refractivity contribution in [3.63, 3.8) is 0 Å². The topological polar surface area (TPSA) is 63.2 Å². The van der Waals surface area contributed by atoms with Crippen molar-refractivity contribution < 1.29 is 4.74 Å². The summed E-state index contributed by atoms with van der Waals surface area (Å²) in [6.45, 7) is 5.50. The molecule has 1 fully saturated rings. The molecule has 1 N–H and O–H groups in total. The Morgan fingerprint density at radius 1 is 1.25 bits per heavy atom. The van der Waals surface area contributed by atoms with Gasteiger partial charge in [0.25, 0.3) is 0 Å². The van der Waals surface area contributed by atoms with Gasteiger partial charge in [-0.3, -0.25) is 4.90 Å². The molecule has 0 aromatic carbocycles. The molecule has 1 atom stereocenters. The summed E-state index contributed by atoms with van der Waals surface area (Å²) >= 11 is 0. The third-order valence-electron chi connectivity index (χ3n) is 4.30. The number of pyridine rings is 1. The summed E-state index contributed by atoms with van der Waals surface area (Å²) in [5, 5.41) is 3.08. The second-order valence-corrected chi connectivity index (χ2v) is 6.20. The van der Waals surface area contributed by atoms with E-state index in [1.54, 1.807) is 0 Å². The number of ether oxygens (including phenoxy) is 1. The molecule has 24 heavy (non-hydrogen) atoms. The van der Waals surface area contributed by atoms with Gasteiger partial charge in [0.1, 0.15) is 11.6 Å². The van der Waals surface area contributed by atoms with Crippen LogP contribution in [0.3, 0.4) is 0 Å². The molecule has 2 aromatic heterocycles. The molecule has 2 aromatic rings.